The van der Waals surface area contributed by atoms with E-state index < -0.39 is 35.9 Å². The largest absolute Gasteiger partial charge is 0.492 e. The second-order valence-corrected chi connectivity index (χ2v) is 10.1. The first-order valence-electron chi connectivity index (χ1n) is 8.72. The maximum Gasteiger partial charge on any atom is 0.335 e. The van der Waals surface area contributed by atoms with Gasteiger partial charge in [0.2, 0.25) is 11.8 Å². The molecule has 0 unspecified atom stereocenters. The van der Waals surface area contributed by atoms with E-state index in [9.17, 15) is 21.6 Å². The van der Waals surface area contributed by atoms with Gasteiger partial charge in [0.25, 0.3) is 10.0 Å². The van der Waals surface area contributed by atoms with Crippen molar-refractivity contribution in [3.63, 3.8) is 0 Å². The lowest BCUT2D eigenvalue weighted by Gasteiger charge is -2.10. The Morgan fingerprint density at radius 2 is 1.91 bits per heavy atom. The number of rotatable bonds is 7. The topological polar surface area (TPSA) is 171 Å². The number of pyridine rings is 1. The Balaban J connectivity index is 2.03. The van der Waals surface area contributed by atoms with E-state index in [4.69, 9.17) is 21.1 Å². The van der Waals surface area contributed by atoms with Crippen molar-refractivity contribution in [2.45, 2.75) is 17.0 Å². The maximum absolute atomic E-state index is 13.0. The van der Waals surface area contributed by atoms with Crippen LogP contribution in [0.5, 0.6) is 11.6 Å². The third kappa shape index (κ3) is 5.00. The van der Waals surface area contributed by atoms with Gasteiger partial charge in [-0.05, 0) is 19.1 Å². The van der Waals surface area contributed by atoms with Crippen LogP contribution in [0.4, 0.5) is 10.7 Å². The number of methoxy groups -OCH3 is 1. The lowest BCUT2D eigenvalue weighted by atomic mass is 10.4. The molecular weight excluding hydrogens is 488 g/mol. The molecule has 0 aliphatic rings. The number of carbonyl (C=O) groups excluding carboxylic acids is 1. The molecule has 0 saturated heterocycles. The number of fused-ring (bicyclic) bond motifs is 1. The zero-order chi connectivity index (χ0) is 23.7. The molecule has 0 spiro atoms. The quantitative estimate of drug-likeness (QED) is 0.444. The first-order valence-corrected chi connectivity index (χ1v) is 12.5. The van der Waals surface area contributed by atoms with Crippen molar-refractivity contribution < 1.29 is 31.1 Å². The van der Waals surface area contributed by atoms with E-state index in [1.54, 1.807) is 11.6 Å². The van der Waals surface area contributed by atoms with Crippen LogP contribution < -0.4 is 19.5 Å². The SMILES string of the molecule is CCOc1ccc2nc(S(C)(=O)=O)c(S(=O)(=O)NC(=O)Nc3nc(Cl)cc(OC)n3)n2c1. The van der Waals surface area contributed by atoms with E-state index in [-0.39, 0.29) is 35.0 Å². The summed E-state index contributed by atoms with van der Waals surface area (Å²) in [6.45, 7) is 2.00. The van der Waals surface area contributed by atoms with Crippen LogP contribution in [0.1, 0.15) is 6.92 Å². The molecule has 3 rings (SSSR count). The molecule has 0 radical (unpaired) electrons. The Labute approximate surface area is 187 Å². The lowest BCUT2D eigenvalue weighted by Crippen LogP contribution is -2.36. The summed E-state index contributed by atoms with van der Waals surface area (Å²) in [5, 5.41) is 0.513. The molecule has 0 aromatic carbocycles. The number of sulfone groups is 1. The molecule has 0 bridgehead atoms. The molecule has 2 N–H and O–H groups in total. The van der Waals surface area contributed by atoms with Gasteiger partial charge in [-0.2, -0.15) is 13.4 Å². The number of nitrogens with zero attached hydrogens (tertiary/aromatic N) is 4. The fourth-order valence-electron chi connectivity index (χ4n) is 2.57. The fourth-order valence-corrected chi connectivity index (χ4v) is 5.28. The standard InChI is InChI=1S/C16H17ClN6O7S2/c1-4-30-9-5-6-11-19-13(31(3,25)26)14(23(11)8-9)32(27,28)22-16(24)21-15-18-10(17)7-12(20-15)29-2/h5-8H,4H2,1-3H3,(H2,18,20,21,22,24). The van der Waals surface area contributed by atoms with Crippen molar-refractivity contribution in [3.8, 4) is 11.6 Å². The number of aromatic nitrogens is 4. The van der Waals surface area contributed by atoms with Crippen LogP contribution >= 0.6 is 11.6 Å². The summed E-state index contributed by atoms with van der Waals surface area (Å²) in [6, 6.07) is 2.88. The normalized spacial score (nSPS) is 11.9. The van der Waals surface area contributed by atoms with Crippen LogP contribution in [0.3, 0.4) is 0 Å². The lowest BCUT2D eigenvalue weighted by molar-refractivity contribution is 0.256. The van der Waals surface area contributed by atoms with Crippen LogP contribution in [0.2, 0.25) is 5.15 Å². The van der Waals surface area contributed by atoms with Crippen molar-refractivity contribution in [2.24, 2.45) is 0 Å². The summed E-state index contributed by atoms with van der Waals surface area (Å²) in [7, 11) is -7.54. The van der Waals surface area contributed by atoms with E-state index in [0.29, 0.717) is 0 Å². The summed E-state index contributed by atoms with van der Waals surface area (Å²) >= 11 is 5.79. The molecule has 13 nitrogen and oxygen atoms in total. The van der Waals surface area contributed by atoms with Crippen molar-refractivity contribution in [2.75, 3.05) is 25.3 Å². The Kier molecular flexibility index (Phi) is 6.43. The van der Waals surface area contributed by atoms with Gasteiger partial charge in [0.15, 0.2) is 19.9 Å². The predicted octanol–water partition coefficient (Wildman–Crippen LogP) is 1.10. The number of ether oxygens (including phenoxy) is 2. The minimum Gasteiger partial charge on any atom is -0.492 e. The van der Waals surface area contributed by atoms with Crippen molar-refractivity contribution in [1.82, 2.24) is 24.1 Å². The van der Waals surface area contributed by atoms with E-state index in [2.05, 4.69) is 20.3 Å². The zero-order valence-corrected chi connectivity index (χ0v) is 19.2. The molecule has 2 amide bonds. The molecule has 3 aromatic rings. The van der Waals surface area contributed by atoms with E-state index in [1.165, 1.54) is 31.5 Å². The average Bonchev–Trinajstić information content (AvgIpc) is 3.07. The number of hydrogen-bond acceptors (Lipinski definition) is 10. The minimum atomic E-state index is -4.75. The van der Waals surface area contributed by atoms with Gasteiger partial charge in [-0.3, -0.25) is 9.72 Å². The monoisotopic (exact) mass is 504 g/mol. The molecule has 32 heavy (non-hydrogen) atoms. The number of anilines is 1. The molecule has 172 valence electrons. The Hall–Kier alpha value is -3.17. The molecule has 0 atom stereocenters. The predicted molar refractivity (Wildman–Crippen MR) is 112 cm³/mol. The highest BCUT2D eigenvalue weighted by atomic mass is 35.5. The molecule has 0 aliphatic carbocycles. The molecule has 0 aliphatic heterocycles. The van der Waals surface area contributed by atoms with E-state index in [0.717, 1.165) is 10.7 Å². The highest BCUT2D eigenvalue weighted by molar-refractivity contribution is 7.93. The highest BCUT2D eigenvalue weighted by Gasteiger charge is 2.32. The van der Waals surface area contributed by atoms with Gasteiger partial charge < -0.3 is 9.47 Å². The first-order chi connectivity index (χ1) is 14.9. The smallest absolute Gasteiger partial charge is 0.335 e. The molecule has 0 fully saturated rings. The van der Waals surface area contributed by atoms with Crippen LogP contribution in [0.25, 0.3) is 5.65 Å². The van der Waals surface area contributed by atoms with Gasteiger partial charge in [-0.1, -0.05) is 11.6 Å². The van der Waals surface area contributed by atoms with Crippen LogP contribution in [0.15, 0.2) is 34.4 Å². The molecular formula is C16H17ClN6O7S2. The van der Waals surface area contributed by atoms with Crippen molar-refractivity contribution >= 4 is 49.1 Å². The number of imidazole rings is 1. The van der Waals surface area contributed by atoms with Gasteiger partial charge in [0.05, 0.1) is 19.9 Å². The van der Waals surface area contributed by atoms with Crippen LogP contribution in [-0.2, 0) is 19.9 Å². The number of urea groups is 1. The summed E-state index contributed by atoms with van der Waals surface area (Å²) in [6.07, 6.45) is 2.04. The van der Waals surface area contributed by atoms with Crippen molar-refractivity contribution in [3.05, 3.63) is 29.5 Å². The Morgan fingerprint density at radius 1 is 1.19 bits per heavy atom. The van der Waals surface area contributed by atoms with Gasteiger partial charge in [0, 0.05) is 12.3 Å². The number of sulfonamides is 1. The van der Waals surface area contributed by atoms with Crippen molar-refractivity contribution in [1.29, 1.82) is 0 Å². The molecule has 3 heterocycles. The highest BCUT2D eigenvalue weighted by Crippen LogP contribution is 2.25. The maximum atomic E-state index is 13.0. The second kappa shape index (κ2) is 8.76. The first kappa shape index (κ1) is 23.5. The number of hydrogen-bond donors (Lipinski definition) is 2. The van der Waals surface area contributed by atoms with Gasteiger partial charge in [-0.25, -0.2) is 27.9 Å². The second-order valence-electron chi connectivity index (χ2n) is 6.14. The summed E-state index contributed by atoms with van der Waals surface area (Å²) in [4.78, 5) is 23.8. The van der Waals surface area contributed by atoms with Gasteiger partial charge in [-0.15, -0.1) is 0 Å². The summed E-state index contributed by atoms with van der Waals surface area (Å²) in [5.74, 6) is -0.0623. The van der Waals surface area contributed by atoms with Crippen LogP contribution in [-0.4, -0.2) is 62.2 Å². The number of halogens is 1. The average molecular weight is 505 g/mol. The van der Waals surface area contributed by atoms with E-state index >= 15 is 0 Å². The summed E-state index contributed by atoms with van der Waals surface area (Å²) < 4.78 is 63.4. The minimum absolute atomic E-state index is 0.0116. The third-order valence-corrected chi connectivity index (χ3v) is 6.43. The van der Waals surface area contributed by atoms with E-state index in [1.807, 2.05) is 0 Å². The number of amides is 2. The van der Waals surface area contributed by atoms with Gasteiger partial charge in [0.1, 0.15) is 16.5 Å². The Morgan fingerprint density at radius 3 is 2.53 bits per heavy atom. The summed E-state index contributed by atoms with van der Waals surface area (Å²) in [5.41, 5.74) is 0.0116. The van der Waals surface area contributed by atoms with Gasteiger partial charge >= 0.3 is 6.03 Å². The van der Waals surface area contributed by atoms with Crippen LogP contribution in [0, 0.1) is 0 Å². The third-order valence-electron chi connectivity index (χ3n) is 3.77. The zero-order valence-electron chi connectivity index (χ0n) is 16.9. The molecule has 16 heteroatoms. The molecule has 3 aromatic heterocycles. The number of nitrogens with one attached hydrogen (secondary N) is 2. The Bertz CT molecular complexity index is 1410. The fraction of sp³-hybridized carbons (Fsp3) is 0.250. The molecule has 0 saturated carbocycles. The number of carbonyl (C=O) groups is 1.